The van der Waals surface area contributed by atoms with Gasteiger partial charge in [0, 0.05) is 23.7 Å². The van der Waals surface area contributed by atoms with Crippen LogP contribution in [0.2, 0.25) is 0 Å². The summed E-state index contributed by atoms with van der Waals surface area (Å²) in [5.41, 5.74) is 6.66. The lowest BCUT2D eigenvalue weighted by Gasteiger charge is -2.52. The van der Waals surface area contributed by atoms with Crippen LogP contribution in [0.1, 0.15) is 40.9 Å². The van der Waals surface area contributed by atoms with E-state index in [0.717, 1.165) is 27.8 Å². The van der Waals surface area contributed by atoms with E-state index in [1.165, 1.54) is 11.3 Å². The molecule has 1 aliphatic carbocycles. The Balaban J connectivity index is 1.69. The van der Waals surface area contributed by atoms with Crippen molar-refractivity contribution in [2.45, 2.75) is 24.8 Å². The molecule has 0 amide bonds. The highest BCUT2D eigenvalue weighted by Crippen LogP contribution is 2.60. The number of anilines is 1. The van der Waals surface area contributed by atoms with Crippen molar-refractivity contribution in [3.63, 3.8) is 0 Å². The fourth-order valence-electron chi connectivity index (χ4n) is 6.60. The molecule has 0 saturated carbocycles. The molecule has 0 N–H and O–H groups in total. The number of ketones is 1. The molecule has 4 aromatic rings. The Morgan fingerprint density at radius 2 is 1.24 bits per heavy atom. The molecule has 0 aromatic heterocycles. The van der Waals surface area contributed by atoms with Crippen molar-refractivity contribution < 1.29 is 4.79 Å². The van der Waals surface area contributed by atoms with E-state index in [1.807, 2.05) is 42.5 Å². The van der Waals surface area contributed by atoms with Gasteiger partial charge in [-0.15, -0.1) is 0 Å². The number of benzene rings is 4. The van der Waals surface area contributed by atoms with Crippen LogP contribution < -0.4 is 4.90 Å². The molecular formula is C35H31NO. The number of fused-ring (bicyclic) bond motifs is 1. The number of para-hydroxylation sites is 1. The molecule has 0 saturated heterocycles. The molecule has 1 spiro atoms. The van der Waals surface area contributed by atoms with Gasteiger partial charge < -0.3 is 4.90 Å². The van der Waals surface area contributed by atoms with E-state index in [0.29, 0.717) is 0 Å². The fraction of sp³-hybridized carbons (Fsp3) is 0.171. The Morgan fingerprint density at radius 1 is 0.703 bits per heavy atom. The van der Waals surface area contributed by atoms with Crippen LogP contribution in [-0.2, 0) is 5.41 Å². The molecule has 2 unspecified atom stereocenters. The van der Waals surface area contributed by atoms with E-state index in [2.05, 4.69) is 111 Å². The van der Waals surface area contributed by atoms with Gasteiger partial charge in [0.2, 0.25) is 0 Å². The summed E-state index contributed by atoms with van der Waals surface area (Å²) < 4.78 is 0. The first-order valence-corrected chi connectivity index (χ1v) is 12.9. The minimum Gasteiger partial charge on any atom is -0.363 e. The molecule has 37 heavy (non-hydrogen) atoms. The Hall–Kier alpha value is -4.17. The summed E-state index contributed by atoms with van der Waals surface area (Å²) >= 11 is 0. The second-order valence-electron chi connectivity index (χ2n) is 10.6. The molecule has 4 aromatic carbocycles. The number of carbonyl (C=O) groups is 1. The molecule has 182 valence electrons. The third-order valence-corrected chi connectivity index (χ3v) is 8.47. The molecule has 2 heteroatoms. The normalized spacial score (nSPS) is 21.8. The lowest BCUT2D eigenvalue weighted by atomic mass is 9.57. The lowest BCUT2D eigenvalue weighted by Crippen LogP contribution is -2.61. The number of hydrogen-bond donors (Lipinski definition) is 0. The quantitative estimate of drug-likeness (QED) is 0.277. The Bertz CT molecular complexity index is 1520. The van der Waals surface area contributed by atoms with Gasteiger partial charge in [-0.25, -0.2) is 0 Å². The zero-order chi connectivity index (χ0) is 25.6. The van der Waals surface area contributed by atoms with Gasteiger partial charge in [-0.2, -0.15) is 0 Å². The Labute approximate surface area is 219 Å². The maximum absolute atomic E-state index is 14.7. The highest BCUT2D eigenvalue weighted by molar-refractivity contribution is 6.10. The van der Waals surface area contributed by atoms with Gasteiger partial charge in [0.05, 0.1) is 11.5 Å². The van der Waals surface area contributed by atoms with Gasteiger partial charge in [-0.1, -0.05) is 123 Å². The Morgan fingerprint density at radius 3 is 1.86 bits per heavy atom. The number of hydrogen-bond acceptors (Lipinski definition) is 2. The molecule has 0 fully saturated rings. The van der Waals surface area contributed by atoms with Crippen molar-refractivity contribution in [1.29, 1.82) is 0 Å². The summed E-state index contributed by atoms with van der Waals surface area (Å²) in [7, 11) is 2.16. The zero-order valence-corrected chi connectivity index (χ0v) is 21.6. The minimum absolute atomic E-state index is 0.145. The van der Waals surface area contributed by atoms with Crippen LogP contribution in [-0.4, -0.2) is 18.4 Å². The number of nitrogens with zero attached hydrogens (tertiary/aromatic N) is 1. The third-order valence-electron chi connectivity index (χ3n) is 8.47. The largest absolute Gasteiger partial charge is 0.363 e. The SMILES string of the molecule is CN1c2ccccc2C(C)(C)C12C=C(c1ccccc1)C=C(c1ccccc1)C2C(=O)c1ccccc1. The van der Waals surface area contributed by atoms with Crippen molar-refractivity contribution in [1.82, 2.24) is 0 Å². The van der Waals surface area contributed by atoms with Gasteiger partial charge >= 0.3 is 0 Å². The highest BCUT2D eigenvalue weighted by Gasteiger charge is 2.62. The van der Waals surface area contributed by atoms with Crippen molar-refractivity contribution in [3.05, 3.63) is 150 Å². The first-order valence-electron chi connectivity index (χ1n) is 12.9. The second kappa shape index (κ2) is 8.74. The highest BCUT2D eigenvalue weighted by atomic mass is 16.1. The average molecular weight is 482 g/mol. The topological polar surface area (TPSA) is 20.3 Å². The predicted octanol–water partition coefficient (Wildman–Crippen LogP) is 7.83. The summed E-state index contributed by atoms with van der Waals surface area (Å²) in [6.07, 6.45) is 4.62. The van der Waals surface area contributed by atoms with Crippen LogP contribution in [0, 0.1) is 5.92 Å². The molecular weight excluding hydrogens is 450 g/mol. The first kappa shape index (κ1) is 23.2. The Kier molecular flexibility index (Phi) is 5.49. The summed E-state index contributed by atoms with van der Waals surface area (Å²) in [4.78, 5) is 17.0. The van der Waals surface area contributed by atoms with E-state index < -0.39 is 11.5 Å². The smallest absolute Gasteiger partial charge is 0.173 e. The van der Waals surface area contributed by atoms with Gasteiger partial charge in [-0.05, 0) is 46.1 Å². The summed E-state index contributed by atoms with van der Waals surface area (Å²) in [6.45, 7) is 4.60. The summed E-state index contributed by atoms with van der Waals surface area (Å²) in [5, 5.41) is 0. The van der Waals surface area contributed by atoms with E-state index in [9.17, 15) is 4.79 Å². The molecule has 1 heterocycles. The second-order valence-corrected chi connectivity index (χ2v) is 10.6. The summed E-state index contributed by atoms with van der Waals surface area (Å²) in [6, 6.07) is 39.3. The van der Waals surface area contributed by atoms with Crippen molar-refractivity contribution in [2.75, 3.05) is 11.9 Å². The van der Waals surface area contributed by atoms with Gasteiger partial charge in [-0.3, -0.25) is 4.79 Å². The number of carbonyl (C=O) groups excluding carboxylic acids is 1. The van der Waals surface area contributed by atoms with Crippen molar-refractivity contribution >= 4 is 22.6 Å². The van der Waals surface area contributed by atoms with Crippen molar-refractivity contribution in [3.8, 4) is 0 Å². The standard InChI is InChI=1S/C35H31NO/c1-34(2)30-21-13-14-22-31(30)36(3)35(34)24-28(25-15-7-4-8-16-25)23-29(26-17-9-5-10-18-26)32(35)33(37)27-19-11-6-12-20-27/h4-24,32H,1-3H3. The van der Waals surface area contributed by atoms with Crippen LogP contribution in [0.5, 0.6) is 0 Å². The molecule has 0 bridgehead atoms. The van der Waals surface area contributed by atoms with Gasteiger partial charge in [0.25, 0.3) is 0 Å². The first-order chi connectivity index (χ1) is 17.9. The molecule has 2 aliphatic rings. The van der Waals surface area contributed by atoms with Crippen molar-refractivity contribution in [2.24, 2.45) is 5.92 Å². The molecule has 2 atom stereocenters. The zero-order valence-electron chi connectivity index (χ0n) is 21.6. The van der Waals surface area contributed by atoms with Crippen LogP contribution in [0.4, 0.5) is 5.69 Å². The molecule has 0 radical (unpaired) electrons. The lowest BCUT2D eigenvalue weighted by molar-refractivity contribution is 0.0885. The number of allylic oxidation sites excluding steroid dienone is 2. The number of likely N-dealkylation sites (N-methyl/N-ethyl adjacent to an activating group) is 1. The summed E-state index contributed by atoms with van der Waals surface area (Å²) in [5.74, 6) is -0.260. The maximum atomic E-state index is 14.7. The van der Waals surface area contributed by atoms with Gasteiger partial charge in [0.15, 0.2) is 5.78 Å². The van der Waals surface area contributed by atoms with Crippen LogP contribution in [0.15, 0.2) is 127 Å². The maximum Gasteiger partial charge on any atom is 0.173 e. The van der Waals surface area contributed by atoms with Crippen LogP contribution in [0.25, 0.3) is 11.1 Å². The molecule has 6 rings (SSSR count). The molecule has 2 nitrogen and oxygen atoms in total. The third kappa shape index (κ3) is 3.43. The minimum atomic E-state index is -0.616. The average Bonchev–Trinajstić information content (AvgIpc) is 3.12. The van der Waals surface area contributed by atoms with Gasteiger partial charge in [0.1, 0.15) is 0 Å². The monoisotopic (exact) mass is 481 g/mol. The van der Waals surface area contributed by atoms with E-state index >= 15 is 0 Å². The fourth-order valence-corrected chi connectivity index (χ4v) is 6.60. The van der Waals surface area contributed by atoms with Crippen LogP contribution in [0.3, 0.4) is 0 Å². The predicted molar refractivity (Wildman–Crippen MR) is 154 cm³/mol. The molecule has 1 aliphatic heterocycles. The van der Waals surface area contributed by atoms with E-state index in [4.69, 9.17) is 0 Å². The van der Waals surface area contributed by atoms with E-state index in [1.54, 1.807) is 0 Å². The van der Waals surface area contributed by atoms with Crippen LogP contribution >= 0.6 is 0 Å². The van der Waals surface area contributed by atoms with E-state index in [-0.39, 0.29) is 11.2 Å². The number of Topliss-reactive ketones (excluding diaryl/α,β-unsaturated/α-hetero) is 1. The number of rotatable bonds is 4.